The van der Waals surface area contributed by atoms with Crippen molar-refractivity contribution in [3.63, 3.8) is 0 Å². The van der Waals surface area contributed by atoms with Gasteiger partial charge in [0.05, 0.1) is 11.6 Å². The van der Waals surface area contributed by atoms with Gasteiger partial charge in [0.25, 0.3) is 0 Å². The molecule has 0 aliphatic carbocycles. The molecule has 0 spiro atoms. The molecule has 1 unspecified atom stereocenters. The standard InChI is InChI=1S/C10H11NS/c1-2-10(12)9-5-3-8(7-11)4-6-9/h3-6,10,12H,2H2,1H3. The highest BCUT2D eigenvalue weighted by Gasteiger charge is 2.02. The van der Waals surface area contributed by atoms with Gasteiger partial charge in [-0.2, -0.15) is 17.9 Å². The molecule has 62 valence electrons. The number of hydrogen-bond donors (Lipinski definition) is 1. The van der Waals surface area contributed by atoms with Crippen molar-refractivity contribution < 1.29 is 0 Å². The Bertz CT molecular complexity index is 284. The summed E-state index contributed by atoms with van der Waals surface area (Å²) in [6, 6.07) is 9.66. The Morgan fingerprint density at radius 1 is 1.42 bits per heavy atom. The molecule has 0 heterocycles. The predicted molar refractivity (Wildman–Crippen MR) is 53.2 cm³/mol. The summed E-state index contributed by atoms with van der Waals surface area (Å²) in [4.78, 5) is 0. The monoisotopic (exact) mass is 177 g/mol. The normalized spacial score (nSPS) is 12.1. The average molecular weight is 177 g/mol. The van der Waals surface area contributed by atoms with Gasteiger partial charge in [-0.1, -0.05) is 19.1 Å². The van der Waals surface area contributed by atoms with E-state index >= 15 is 0 Å². The third-order valence-corrected chi connectivity index (χ3v) is 2.47. The summed E-state index contributed by atoms with van der Waals surface area (Å²) in [6.07, 6.45) is 1.01. The summed E-state index contributed by atoms with van der Waals surface area (Å²) < 4.78 is 0. The van der Waals surface area contributed by atoms with Crippen LogP contribution < -0.4 is 0 Å². The fraction of sp³-hybridized carbons (Fsp3) is 0.300. The highest BCUT2D eigenvalue weighted by molar-refractivity contribution is 7.80. The van der Waals surface area contributed by atoms with Crippen molar-refractivity contribution in [1.29, 1.82) is 5.26 Å². The van der Waals surface area contributed by atoms with Crippen LogP contribution in [0.1, 0.15) is 29.7 Å². The van der Waals surface area contributed by atoms with E-state index < -0.39 is 0 Å². The first-order chi connectivity index (χ1) is 5.77. The van der Waals surface area contributed by atoms with Crippen LogP contribution in [0.15, 0.2) is 24.3 Å². The molecule has 0 aliphatic heterocycles. The summed E-state index contributed by atoms with van der Waals surface area (Å²) in [6.45, 7) is 2.09. The number of nitrogens with zero attached hydrogens (tertiary/aromatic N) is 1. The van der Waals surface area contributed by atoms with Crippen LogP contribution >= 0.6 is 12.6 Å². The molecule has 1 aromatic rings. The van der Waals surface area contributed by atoms with Crippen molar-refractivity contribution in [2.75, 3.05) is 0 Å². The first kappa shape index (κ1) is 9.15. The third kappa shape index (κ3) is 2.02. The van der Waals surface area contributed by atoms with E-state index in [0.717, 1.165) is 6.42 Å². The summed E-state index contributed by atoms with van der Waals surface area (Å²) in [5, 5.41) is 8.84. The third-order valence-electron chi connectivity index (χ3n) is 1.81. The minimum absolute atomic E-state index is 0.290. The molecule has 1 atom stereocenters. The topological polar surface area (TPSA) is 23.8 Å². The van der Waals surface area contributed by atoms with Crippen LogP contribution in [0.3, 0.4) is 0 Å². The number of thiol groups is 1. The van der Waals surface area contributed by atoms with E-state index in [-0.39, 0.29) is 5.25 Å². The Labute approximate surface area is 78.4 Å². The maximum absolute atomic E-state index is 8.56. The second kappa shape index (κ2) is 4.18. The lowest BCUT2D eigenvalue weighted by molar-refractivity contribution is 0.902. The van der Waals surface area contributed by atoms with Gasteiger partial charge in [-0.15, -0.1) is 0 Å². The molecular weight excluding hydrogens is 166 g/mol. The first-order valence-electron chi connectivity index (χ1n) is 3.96. The lowest BCUT2D eigenvalue weighted by Gasteiger charge is -2.06. The molecule has 0 N–H and O–H groups in total. The maximum Gasteiger partial charge on any atom is 0.0991 e. The molecule has 0 radical (unpaired) electrons. The summed E-state index contributed by atoms with van der Waals surface area (Å²) in [5.74, 6) is 0. The summed E-state index contributed by atoms with van der Waals surface area (Å²) in [7, 11) is 0. The molecular formula is C10H11NS. The Morgan fingerprint density at radius 2 is 2.00 bits per heavy atom. The molecule has 0 amide bonds. The largest absolute Gasteiger partial charge is 0.192 e. The molecule has 0 saturated heterocycles. The second-order valence-corrected chi connectivity index (χ2v) is 3.28. The number of rotatable bonds is 2. The Kier molecular flexibility index (Phi) is 3.19. The zero-order valence-electron chi connectivity index (χ0n) is 6.99. The van der Waals surface area contributed by atoms with E-state index in [1.165, 1.54) is 5.56 Å². The van der Waals surface area contributed by atoms with Gasteiger partial charge < -0.3 is 0 Å². The van der Waals surface area contributed by atoms with Gasteiger partial charge >= 0.3 is 0 Å². The van der Waals surface area contributed by atoms with Crippen molar-refractivity contribution in [1.82, 2.24) is 0 Å². The van der Waals surface area contributed by atoms with E-state index in [1.807, 2.05) is 24.3 Å². The van der Waals surface area contributed by atoms with E-state index in [4.69, 9.17) is 5.26 Å². The van der Waals surface area contributed by atoms with Crippen LogP contribution in [0.2, 0.25) is 0 Å². The predicted octanol–water partition coefficient (Wildman–Crippen LogP) is 2.94. The molecule has 0 bridgehead atoms. The Balaban J connectivity index is 2.86. The van der Waals surface area contributed by atoms with Gasteiger partial charge in [-0.3, -0.25) is 0 Å². The van der Waals surface area contributed by atoms with E-state index in [2.05, 4.69) is 25.6 Å². The average Bonchev–Trinajstić information content (AvgIpc) is 2.17. The van der Waals surface area contributed by atoms with E-state index in [9.17, 15) is 0 Å². The number of hydrogen-bond acceptors (Lipinski definition) is 2. The lowest BCUT2D eigenvalue weighted by Crippen LogP contribution is -1.87. The van der Waals surface area contributed by atoms with Gasteiger partial charge in [0.1, 0.15) is 0 Å². The highest BCUT2D eigenvalue weighted by atomic mass is 32.1. The number of benzene rings is 1. The van der Waals surface area contributed by atoms with Crippen molar-refractivity contribution in [2.45, 2.75) is 18.6 Å². The number of nitriles is 1. The SMILES string of the molecule is CCC(S)c1ccc(C#N)cc1. The molecule has 12 heavy (non-hydrogen) atoms. The van der Waals surface area contributed by atoms with Crippen LogP contribution in [0.4, 0.5) is 0 Å². The maximum atomic E-state index is 8.56. The Morgan fingerprint density at radius 3 is 2.42 bits per heavy atom. The van der Waals surface area contributed by atoms with E-state index in [1.54, 1.807) is 0 Å². The molecule has 0 saturated carbocycles. The van der Waals surface area contributed by atoms with Crippen LogP contribution in [-0.4, -0.2) is 0 Å². The quantitative estimate of drug-likeness (QED) is 0.690. The van der Waals surface area contributed by atoms with Gasteiger partial charge in [-0.05, 0) is 24.1 Å². The zero-order chi connectivity index (χ0) is 8.97. The molecule has 1 nitrogen and oxygen atoms in total. The van der Waals surface area contributed by atoms with E-state index in [0.29, 0.717) is 5.56 Å². The molecule has 0 aliphatic rings. The fourth-order valence-corrected chi connectivity index (χ4v) is 1.19. The molecule has 1 rings (SSSR count). The highest BCUT2D eigenvalue weighted by Crippen LogP contribution is 2.22. The van der Waals surface area contributed by atoms with Crippen LogP contribution in [0.5, 0.6) is 0 Å². The van der Waals surface area contributed by atoms with Crippen molar-refractivity contribution in [3.8, 4) is 6.07 Å². The van der Waals surface area contributed by atoms with Crippen LogP contribution in [0, 0.1) is 11.3 Å². The van der Waals surface area contributed by atoms with Gasteiger partial charge in [-0.25, -0.2) is 0 Å². The lowest BCUT2D eigenvalue weighted by atomic mass is 10.1. The molecule has 1 aromatic carbocycles. The smallest absolute Gasteiger partial charge is 0.0991 e. The Hall–Kier alpha value is -0.940. The summed E-state index contributed by atoms with van der Waals surface area (Å²) in [5.41, 5.74) is 1.88. The second-order valence-electron chi connectivity index (χ2n) is 2.66. The first-order valence-corrected chi connectivity index (χ1v) is 4.47. The minimum atomic E-state index is 0.290. The minimum Gasteiger partial charge on any atom is -0.192 e. The summed E-state index contributed by atoms with van der Waals surface area (Å²) >= 11 is 4.40. The van der Waals surface area contributed by atoms with Crippen molar-refractivity contribution >= 4 is 12.6 Å². The van der Waals surface area contributed by atoms with Crippen LogP contribution in [0.25, 0.3) is 0 Å². The van der Waals surface area contributed by atoms with Crippen molar-refractivity contribution in [3.05, 3.63) is 35.4 Å². The zero-order valence-corrected chi connectivity index (χ0v) is 7.88. The van der Waals surface area contributed by atoms with Gasteiger partial charge in [0.15, 0.2) is 0 Å². The molecule has 0 aromatic heterocycles. The van der Waals surface area contributed by atoms with Gasteiger partial charge in [0.2, 0.25) is 0 Å². The van der Waals surface area contributed by atoms with Gasteiger partial charge in [0, 0.05) is 5.25 Å². The van der Waals surface area contributed by atoms with Crippen LogP contribution in [-0.2, 0) is 0 Å². The molecule has 2 heteroatoms. The van der Waals surface area contributed by atoms with Crippen molar-refractivity contribution in [2.24, 2.45) is 0 Å². The fourth-order valence-electron chi connectivity index (χ4n) is 1.02. The molecule has 0 fully saturated rings.